The summed E-state index contributed by atoms with van der Waals surface area (Å²) in [6.07, 6.45) is 5.44. The predicted octanol–water partition coefficient (Wildman–Crippen LogP) is 3.23. The van der Waals surface area contributed by atoms with Crippen LogP contribution in [-0.4, -0.2) is 17.0 Å². The lowest BCUT2D eigenvalue weighted by molar-refractivity contribution is -0.147. The Morgan fingerprint density at radius 3 is 2.32 bits per heavy atom. The van der Waals surface area contributed by atoms with Crippen molar-refractivity contribution >= 4 is 11.9 Å². The van der Waals surface area contributed by atoms with Crippen LogP contribution >= 0.6 is 0 Å². The summed E-state index contributed by atoms with van der Waals surface area (Å²) in [4.78, 5) is 23.8. The molecule has 0 radical (unpaired) electrons. The van der Waals surface area contributed by atoms with Crippen LogP contribution in [0.4, 0.5) is 0 Å². The summed E-state index contributed by atoms with van der Waals surface area (Å²) in [5.74, 6) is -2.17. The third-order valence-corrected chi connectivity index (χ3v) is 4.29. The first kappa shape index (κ1) is 16.3. The van der Waals surface area contributed by atoms with Gasteiger partial charge in [-0.05, 0) is 31.7 Å². The van der Waals surface area contributed by atoms with E-state index in [-0.39, 0.29) is 11.9 Å². The average molecular weight is 301 g/mol. The molecule has 118 valence electrons. The van der Waals surface area contributed by atoms with E-state index >= 15 is 0 Å². The molecule has 2 rings (SSSR count). The standard InChI is InChI=1S/C18H23NO3/c1-3-16(13-10-8-12(2)9-11-13)19-17(20)14-6-4-5-7-15(14)18(21)22/h4-5,8-11,14-16H,3,6-7H2,1-2H3,(H,19,20)(H,21,22)/t14-,15+,16+/m1/s1. The second kappa shape index (κ2) is 7.25. The summed E-state index contributed by atoms with van der Waals surface area (Å²) in [7, 11) is 0. The van der Waals surface area contributed by atoms with Gasteiger partial charge >= 0.3 is 5.97 Å². The van der Waals surface area contributed by atoms with Crippen LogP contribution in [-0.2, 0) is 9.59 Å². The van der Waals surface area contributed by atoms with E-state index < -0.39 is 17.8 Å². The van der Waals surface area contributed by atoms with Gasteiger partial charge in [-0.1, -0.05) is 48.9 Å². The molecule has 1 aliphatic carbocycles. The number of aliphatic carboxylic acids is 1. The average Bonchev–Trinajstić information content (AvgIpc) is 2.53. The van der Waals surface area contributed by atoms with Crippen LogP contribution in [0.25, 0.3) is 0 Å². The molecule has 2 N–H and O–H groups in total. The van der Waals surface area contributed by atoms with Gasteiger partial charge in [0.15, 0.2) is 0 Å². The predicted molar refractivity (Wildman–Crippen MR) is 85.3 cm³/mol. The summed E-state index contributed by atoms with van der Waals surface area (Å²) in [6.45, 7) is 4.04. The largest absolute Gasteiger partial charge is 0.481 e. The van der Waals surface area contributed by atoms with E-state index in [2.05, 4.69) is 5.32 Å². The molecule has 0 heterocycles. The highest BCUT2D eigenvalue weighted by atomic mass is 16.4. The summed E-state index contributed by atoms with van der Waals surface area (Å²) >= 11 is 0. The number of carboxylic acid groups (broad SMARTS) is 1. The molecule has 0 saturated carbocycles. The third-order valence-electron chi connectivity index (χ3n) is 4.29. The minimum absolute atomic E-state index is 0.0755. The maximum Gasteiger partial charge on any atom is 0.307 e. The summed E-state index contributed by atoms with van der Waals surface area (Å²) < 4.78 is 0. The summed E-state index contributed by atoms with van der Waals surface area (Å²) in [5.41, 5.74) is 2.23. The maximum atomic E-state index is 12.5. The minimum Gasteiger partial charge on any atom is -0.481 e. The number of carbonyl (C=O) groups excluding carboxylic acids is 1. The molecule has 4 nitrogen and oxygen atoms in total. The Bertz CT molecular complexity index is 562. The number of carboxylic acids is 1. The van der Waals surface area contributed by atoms with Crippen LogP contribution in [0.2, 0.25) is 0 Å². The number of nitrogens with one attached hydrogen (secondary N) is 1. The normalized spacial score (nSPS) is 22.1. The number of hydrogen-bond acceptors (Lipinski definition) is 2. The first-order valence-electron chi connectivity index (χ1n) is 7.77. The van der Waals surface area contributed by atoms with Gasteiger partial charge in [-0.3, -0.25) is 9.59 Å². The molecule has 0 spiro atoms. The smallest absolute Gasteiger partial charge is 0.307 e. The van der Waals surface area contributed by atoms with Crippen molar-refractivity contribution < 1.29 is 14.7 Å². The van der Waals surface area contributed by atoms with Gasteiger partial charge in [0.25, 0.3) is 0 Å². The van der Waals surface area contributed by atoms with E-state index in [1.165, 1.54) is 5.56 Å². The molecular formula is C18H23NO3. The van der Waals surface area contributed by atoms with Gasteiger partial charge in [0.1, 0.15) is 0 Å². The fourth-order valence-electron chi connectivity index (χ4n) is 2.88. The summed E-state index contributed by atoms with van der Waals surface area (Å²) in [6, 6.07) is 7.99. The second-order valence-corrected chi connectivity index (χ2v) is 5.87. The molecule has 0 unspecified atom stereocenters. The van der Waals surface area contributed by atoms with Gasteiger partial charge in [-0.2, -0.15) is 0 Å². The first-order valence-corrected chi connectivity index (χ1v) is 7.77. The van der Waals surface area contributed by atoms with Crippen LogP contribution in [0.3, 0.4) is 0 Å². The Labute approximate surface area is 131 Å². The molecule has 0 saturated heterocycles. The quantitative estimate of drug-likeness (QED) is 0.821. The van der Waals surface area contributed by atoms with Crippen molar-refractivity contribution in [2.45, 2.75) is 39.2 Å². The lowest BCUT2D eigenvalue weighted by Gasteiger charge is -2.27. The van der Waals surface area contributed by atoms with Crippen molar-refractivity contribution in [3.8, 4) is 0 Å². The molecule has 1 amide bonds. The Balaban J connectivity index is 2.10. The number of rotatable bonds is 5. The zero-order chi connectivity index (χ0) is 16.1. The molecule has 22 heavy (non-hydrogen) atoms. The van der Waals surface area contributed by atoms with E-state index in [4.69, 9.17) is 0 Å². The molecule has 0 aliphatic heterocycles. The number of amides is 1. The molecule has 0 fully saturated rings. The SMILES string of the molecule is CC[C@H](NC(=O)[C@@H]1CC=CC[C@@H]1C(=O)O)c1ccc(C)cc1. The van der Waals surface area contributed by atoms with Crippen LogP contribution < -0.4 is 5.32 Å². The second-order valence-electron chi connectivity index (χ2n) is 5.87. The lowest BCUT2D eigenvalue weighted by atomic mass is 9.82. The molecule has 1 aromatic carbocycles. The van der Waals surface area contributed by atoms with E-state index in [1.807, 2.05) is 50.3 Å². The molecule has 3 atom stereocenters. The number of benzene rings is 1. The highest BCUT2D eigenvalue weighted by Gasteiger charge is 2.34. The summed E-state index contributed by atoms with van der Waals surface area (Å²) in [5, 5.41) is 12.3. The highest BCUT2D eigenvalue weighted by molar-refractivity contribution is 5.85. The third kappa shape index (κ3) is 3.75. The fourth-order valence-corrected chi connectivity index (χ4v) is 2.88. The van der Waals surface area contributed by atoms with Crippen molar-refractivity contribution in [1.29, 1.82) is 0 Å². The maximum absolute atomic E-state index is 12.5. The molecular weight excluding hydrogens is 278 g/mol. The zero-order valence-corrected chi connectivity index (χ0v) is 13.1. The highest BCUT2D eigenvalue weighted by Crippen LogP contribution is 2.27. The molecule has 0 aromatic heterocycles. The van der Waals surface area contributed by atoms with Crippen molar-refractivity contribution in [1.82, 2.24) is 5.32 Å². The molecule has 1 aromatic rings. The molecule has 1 aliphatic rings. The van der Waals surface area contributed by atoms with E-state index in [0.717, 1.165) is 12.0 Å². The molecule has 4 heteroatoms. The van der Waals surface area contributed by atoms with E-state index in [9.17, 15) is 14.7 Å². The topological polar surface area (TPSA) is 66.4 Å². The van der Waals surface area contributed by atoms with Crippen LogP contribution in [0, 0.1) is 18.8 Å². The Hall–Kier alpha value is -2.10. The van der Waals surface area contributed by atoms with Gasteiger partial charge in [-0.25, -0.2) is 0 Å². The Kier molecular flexibility index (Phi) is 5.36. The number of aryl methyl sites for hydroxylation is 1. The monoisotopic (exact) mass is 301 g/mol. The van der Waals surface area contributed by atoms with E-state index in [1.54, 1.807) is 0 Å². The van der Waals surface area contributed by atoms with Crippen LogP contribution in [0.1, 0.15) is 43.4 Å². The number of allylic oxidation sites excluding steroid dienone is 2. The lowest BCUT2D eigenvalue weighted by Crippen LogP contribution is -2.40. The van der Waals surface area contributed by atoms with E-state index in [0.29, 0.717) is 12.8 Å². The zero-order valence-electron chi connectivity index (χ0n) is 13.1. The number of hydrogen-bond donors (Lipinski definition) is 2. The van der Waals surface area contributed by atoms with Crippen molar-refractivity contribution in [3.63, 3.8) is 0 Å². The van der Waals surface area contributed by atoms with Crippen LogP contribution in [0.15, 0.2) is 36.4 Å². The number of carbonyl (C=O) groups is 2. The van der Waals surface area contributed by atoms with Crippen molar-refractivity contribution in [2.75, 3.05) is 0 Å². The van der Waals surface area contributed by atoms with Gasteiger partial charge in [0, 0.05) is 0 Å². The van der Waals surface area contributed by atoms with Gasteiger partial charge < -0.3 is 10.4 Å². The van der Waals surface area contributed by atoms with Crippen LogP contribution in [0.5, 0.6) is 0 Å². The van der Waals surface area contributed by atoms with Crippen molar-refractivity contribution in [2.24, 2.45) is 11.8 Å². The first-order chi connectivity index (χ1) is 10.5. The Morgan fingerprint density at radius 1 is 1.18 bits per heavy atom. The van der Waals surface area contributed by atoms with Gasteiger partial charge in [0.05, 0.1) is 17.9 Å². The molecule has 0 bridgehead atoms. The Morgan fingerprint density at radius 2 is 1.77 bits per heavy atom. The van der Waals surface area contributed by atoms with Gasteiger partial charge in [0.2, 0.25) is 5.91 Å². The van der Waals surface area contributed by atoms with Crippen molar-refractivity contribution in [3.05, 3.63) is 47.5 Å². The minimum atomic E-state index is -0.895. The van der Waals surface area contributed by atoms with Gasteiger partial charge in [-0.15, -0.1) is 0 Å². The fraction of sp³-hybridized carbons (Fsp3) is 0.444.